The first kappa shape index (κ1) is 21.4. The van der Waals surface area contributed by atoms with Crippen LogP contribution in [0.15, 0.2) is 48.5 Å². The summed E-state index contributed by atoms with van der Waals surface area (Å²) in [4.78, 5) is 0. The predicted octanol–water partition coefficient (Wildman–Crippen LogP) is 6.57. The maximum Gasteiger partial charge on any atom is 0.573 e. The lowest BCUT2D eigenvalue weighted by molar-refractivity contribution is -0.274. The Labute approximate surface area is 158 Å². The Kier molecular flexibility index (Phi) is 6.79. The molecule has 0 aliphatic heterocycles. The van der Waals surface area contributed by atoms with Crippen LogP contribution in [0, 0.1) is 17.7 Å². The van der Waals surface area contributed by atoms with E-state index in [-0.39, 0.29) is 23.3 Å². The second-order valence-corrected chi connectivity index (χ2v) is 5.91. The summed E-state index contributed by atoms with van der Waals surface area (Å²) < 4.78 is 81.1. The van der Waals surface area contributed by atoms with Crippen molar-refractivity contribution in [3.63, 3.8) is 0 Å². The molecule has 0 saturated heterocycles. The van der Waals surface area contributed by atoms with Crippen LogP contribution in [-0.2, 0) is 0 Å². The number of ether oxygens (including phenoxy) is 1. The van der Waals surface area contributed by atoms with E-state index in [1.54, 1.807) is 6.92 Å². The summed E-state index contributed by atoms with van der Waals surface area (Å²) in [6.07, 6.45) is -2.87. The highest BCUT2D eigenvalue weighted by atomic mass is 19.4. The minimum atomic E-state index is -4.78. The summed E-state index contributed by atoms with van der Waals surface area (Å²) >= 11 is 0. The van der Waals surface area contributed by atoms with Gasteiger partial charge in [0.25, 0.3) is 5.92 Å². The van der Waals surface area contributed by atoms with Crippen LogP contribution in [-0.4, -0.2) is 12.3 Å². The first-order chi connectivity index (χ1) is 13.1. The van der Waals surface area contributed by atoms with Gasteiger partial charge in [-0.15, -0.1) is 13.2 Å². The van der Waals surface area contributed by atoms with Gasteiger partial charge in [-0.2, -0.15) is 0 Å². The Balaban J connectivity index is 2.11. The van der Waals surface area contributed by atoms with Crippen LogP contribution < -0.4 is 4.74 Å². The molecule has 1 nitrogen and oxygen atoms in total. The van der Waals surface area contributed by atoms with Crippen LogP contribution in [0.4, 0.5) is 26.3 Å². The number of benzene rings is 2. The molecule has 0 heterocycles. The van der Waals surface area contributed by atoms with Crippen LogP contribution in [0.25, 0.3) is 6.08 Å². The van der Waals surface area contributed by atoms with Crippen molar-refractivity contribution in [3.8, 4) is 17.6 Å². The lowest BCUT2D eigenvalue weighted by atomic mass is 10.1. The van der Waals surface area contributed by atoms with Crippen molar-refractivity contribution in [3.05, 3.63) is 71.0 Å². The Bertz CT molecular complexity index is 886. The molecule has 0 fully saturated rings. The van der Waals surface area contributed by atoms with Gasteiger partial charge in [-0.05, 0) is 48.0 Å². The molecule has 28 heavy (non-hydrogen) atoms. The summed E-state index contributed by atoms with van der Waals surface area (Å²) in [5, 5.41) is 0. The fourth-order valence-electron chi connectivity index (χ4n) is 2.25. The summed E-state index contributed by atoms with van der Waals surface area (Å²) in [7, 11) is 0. The van der Waals surface area contributed by atoms with Crippen LogP contribution in [0.5, 0.6) is 5.75 Å². The minimum Gasteiger partial charge on any atom is -0.406 e. The molecule has 0 spiro atoms. The topological polar surface area (TPSA) is 9.23 Å². The van der Waals surface area contributed by atoms with Gasteiger partial charge in [-0.3, -0.25) is 0 Å². The SMILES string of the molecule is CCCC(F)(F)/C=C/c1ccc(C#Cc2ccc(OC(F)(F)F)cc2)c(F)c1. The first-order valence-electron chi connectivity index (χ1n) is 8.32. The summed E-state index contributed by atoms with van der Waals surface area (Å²) in [6.45, 7) is 1.64. The molecule has 0 saturated carbocycles. The van der Waals surface area contributed by atoms with Crippen LogP contribution in [0.2, 0.25) is 0 Å². The summed E-state index contributed by atoms with van der Waals surface area (Å²) in [5.41, 5.74) is 0.665. The molecule has 2 rings (SSSR count). The average Bonchev–Trinajstić information content (AvgIpc) is 2.59. The van der Waals surface area contributed by atoms with Crippen LogP contribution >= 0.6 is 0 Å². The van der Waals surface area contributed by atoms with E-state index < -0.39 is 18.1 Å². The molecule has 2 aromatic rings. The zero-order valence-electron chi connectivity index (χ0n) is 14.8. The molecule has 0 bridgehead atoms. The van der Waals surface area contributed by atoms with Crippen molar-refractivity contribution >= 4 is 6.08 Å². The summed E-state index contributed by atoms with van der Waals surface area (Å²) in [6, 6.07) is 8.68. The Morgan fingerprint density at radius 1 is 0.964 bits per heavy atom. The van der Waals surface area contributed by atoms with E-state index >= 15 is 0 Å². The van der Waals surface area contributed by atoms with Crippen molar-refractivity contribution in [2.24, 2.45) is 0 Å². The number of hydrogen-bond acceptors (Lipinski definition) is 1. The van der Waals surface area contributed by atoms with Gasteiger partial charge in [-0.25, -0.2) is 13.2 Å². The number of hydrogen-bond donors (Lipinski definition) is 0. The van der Waals surface area contributed by atoms with E-state index in [4.69, 9.17) is 0 Å². The zero-order chi connectivity index (χ0) is 20.8. The third-order valence-corrected chi connectivity index (χ3v) is 3.53. The van der Waals surface area contributed by atoms with E-state index in [1.165, 1.54) is 24.3 Å². The highest BCUT2D eigenvalue weighted by Crippen LogP contribution is 2.24. The minimum absolute atomic E-state index is 0.0353. The molecule has 148 valence electrons. The van der Waals surface area contributed by atoms with Crippen molar-refractivity contribution in [2.45, 2.75) is 32.1 Å². The van der Waals surface area contributed by atoms with Crippen molar-refractivity contribution in [2.75, 3.05) is 0 Å². The monoisotopic (exact) mass is 398 g/mol. The Morgan fingerprint density at radius 3 is 2.21 bits per heavy atom. The van der Waals surface area contributed by atoms with E-state index in [9.17, 15) is 26.3 Å². The smallest absolute Gasteiger partial charge is 0.406 e. The van der Waals surface area contributed by atoms with Gasteiger partial charge in [-0.1, -0.05) is 37.3 Å². The Hall–Kier alpha value is -2.88. The van der Waals surface area contributed by atoms with E-state index in [0.29, 0.717) is 12.0 Å². The second kappa shape index (κ2) is 8.87. The normalized spacial score (nSPS) is 12.0. The number of alkyl halides is 5. The summed E-state index contributed by atoms with van der Waals surface area (Å²) in [5.74, 6) is 1.15. The van der Waals surface area contributed by atoms with E-state index in [1.807, 2.05) is 0 Å². The molecule has 0 aromatic heterocycles. The maximum absolute atomic E-state index is 14.1. The fraction of sp³-hybridized carbons (Fsp3) is 0.238. The van der Waals surface area contributed by atoms with Crippen LogP contribution in [0.3, 0.4) is 0 Å². The number of allylic oxidation sites excluding steroid dienone is 1. The van der Waals surface area contributed by atoms with Crippen molar-refractivity contribution < 1.29 is 31.1 Å². The van der Waals surface area contributed by atoms with Crippen molar-refractivity contribution in [1.82, 2.24) is 0 Å². The molecule has 0 radical (unpaired) electrons. The highest BCUT2D eigenvalue weighted by molar-refractivity contribution is 5.53. The van der Waals surface area contributed by atoms with E-state index in [0.717, 1.165) is 30.4 Å². The van der Waals surface area contributed by atoms with Gasteiger partial charge in [0.1, 0.15) is 11.6 Å². The molecule has 7 heteroatoms. The lowest BCUT2D eigenvalue weighted by Gasteiger charge is -2.09. The maximum atomic E-state index is 14.1. The van der Waals surface area contributed by atoms with Gasteiger partial charge < -0.3 is 4.74 Å². The fourth-order valence-corrected chi connectivity index (χ4v) is 2.25. The molecule has 0 aliphatic rings. The number of rotatable bonds is 5. The van der Waals surface area contributed by atoms with Gasteiger partial charge >= 0.3 is 6.36 Å². The van der Waals surface area contributed by atoms with Gasteiger partial charge in [0.05, 0.1) is 5.56 Å². The predicted molar refractivity (Wildman–Crippen MR) is 94.4 cm³/mol. The van der Waals surface area contributed by atoms with Gasteiger partial charge in [0, 0.05) is 12.0 Å². The lowest BCUT2D eigenvalue weighted by Crippen LogP contribution is -2.16. The zero-order valence-corrected chi connectivity index (χ0v) is 14.8. The van der Waals surface area contributed by atoms with Gasteiger partial charge in [0.15, 0.2) is 0 Å². The molecule has 0 amide bonds. The second-order valence-electron chi connectivity index (χ2n) is 5.91. The third-order valence-electron chi connectivity index (χ3n) is 3.53. The van der Waals surface area contributed by atoms with Gasteiger partial charge in [0.2, 0.25) is 0 Å². The molecule has 0 aliphatic carbocycles. The standard InChI is InChI=1S/C21H16F6O/c1-2-12-20(23,24)13-11-16-4-8-17(19(22)14-16)7-3-15-5-9-18(10-6-15)28-21(25,26)27/h4-6,8-11,13-14H,2,12H2,1H3/b13-11+. The van der Waals surface area contributed by atoms with E-state index in [2.05, 4.69) is 16.6 Å². The molecule has 0 atom stereocenters. The molecule has 0 N–H and O–H groups in total. The van der Waals surface area contributed by atoms with Crippen LogP contribution in [0.1, 0.15) is 36.5 Å². The molecule has 2 aromatic carbocycles. The number of halogens is 6. The van der Waals surface area contributed by atoms with Crippen molar-refractivity contribution in [1.29, 1.82) is 0 Å². The highest BCUT2D eigenvalue weighted by Gasteiger charge is 2.30. The quantitative estimate of drug-likeness (QED) is 0.409. The average molecular weight is 398 g/mol. The largest absolute Gasteiger partial charge is 0.573 e. The molecular weight excluding hydrogens is 382 g/mol. The Morgan fingerprint density at radius 2 is 1.64 bits per heavy atom. The molecule has 0 unspecified atom stereocenters. The first-order valence-corrected chi connectivity index (χ1v) is 8.32. The third kappa shape index (κ3) is 7.03. The molecular formula is C21H16F6O.